The van der Waals surface area contributed by atoms with E-state index in [0.29, 0.717) is 13.2 Å². The zero-order valence-corrected chi connectivity index (χ0v) is 11.9. The molecule has 4 heteroatoms. The first-order valence-corrected chi connectivity index (χ1v) is 7.38. The van der Waals surface area contributed by atoms with E-state index >= 15 is 0 Å². The molecule has 0 amide bonds. The average Bonchev–Trinajstić information content (AvgIpc) is 2.32. The molecule has 0 radical (unpaired) electrons. The van der Waals surface area contributed by atoms with Crippen LogP contribution in [0.4, 0.5) is 0 Å². The Hall–Kier alpha value is -0.740. The van der Waals surface area contributed by atoms with Crippen LogP contribution in [0.15, 0.2) is 16.6 Å². The van der Waals surface area contributed by atoms with Crippen LogP contribution in [-0.2, 0) is 0 Å². The summed E-state index contributed by atoms with van der Waals surface area (Å²) in [5.74, 6) is 2.44. The number of hydrogen-bond acceptors (Lipinski definition) is 3. The fraction of sp³-hybridized carbons (Fsp3) is 0.571. The van der Waals surface area contributed by atoms with E-state index in [1.54, 1.807) is 0 Å². The van der Waals surface area contributed by atoms with Crippen LogP contribution in [0.2, 0.25) is 0 Å². The third-order valence-electron chi connectivity index (χ3n) is 3.87. The number of halogens is 1. The molecule has 1 aliphatic heterocycles. The summed E-state index contributed by atoms with van der Waals surface area (Å²) in [5, 5.41) is 0. The van der Waals surface area contributed by atoms with Crippen LogP contribution in [0, 0.1) is 5.92 Å². The molecule has 2 aliphatic rings. The molecule has 1 aromatic carbocycles. The van der Waals surface area contributed by atoms with Gasteiger partial charge in [-0.1, -0.05) is 35.2 Å². The Balaban J connectivity index is 1.81. The zero-order valence-electron chi connectivity index (χ0n) is 10.3. The summed E-state index contributed by atoms with van der Waals surface area (Å²) in [7, 11) is 0. The fourth-order valence-electron chi connectivity index (χ4n) is 2.58. The molecule has 0 spiro atoms. The maximum absolute atomic E-state index is 6.31. The van der Waals surface area contributed by atoms with Crippen LogP contribution in [0.5, 0.6) is 11.5 Å². The Bertz CT molecular complexity index is 446. The maximum Gasteiger partial charge on any atom is 0.162 e. The minimum Gasteiger partial charge on any atom is -0.486 e. The second kappa shape index (κ2) is 5.10. The zero-order chi connectivity index (χ0) is 12.5. The van der Waals surface area contributed by atoms with Crippen LogP contribution in [0.25, 0.3) is 0 Å². The fourth-order valence-corrected chi connectivity index (χ4v) is 3.19. The highest BCUT2D eigenvalue weighted by atomic mass is 79.9. The van der Waals surface area contributed by atoms with Crippen LogP contribution >= 0.6 is 15.9 Å². The number of rotatable bonds is 3. The summed E-state index contributed by atoms with van der Waals surface area (Å²) in [5.41, 5.74) is 7.44. The first kappa shape index (κ1) is 12.3. The van der Waals surface area contributed by atoms with Crippen molar-refractivity contribution in [2.45, 2.75) is 31.7 Å². The molecule has 1 saturated carbocycles. The van der Waals surface area contributed by atoms with Crippen molar-refractivity contribution < 1.29 is 9.47 Å². The molecule has 1 atom stereocenters. The van der Waals surface area contributed by atoms with Gasteiger partial charge in [-0.25, -0.2) is 0 Å². The normalized spacial score (nSPS) is 20.3. The Labute approximate surface area is 116 Å². The van der Waals surface area contributed by atoms with Gasteiger partial charge in [-0.2, -0.15) is 0 Å². The topological polar surface area (TPSA) is 44.5 Å². The second-order valence-electron chi connectivity index (χ2n) is 5.16. The van der Waals surface area contributed by atoms with E-state index in [9.17, 15) is 0 Å². The lowest BCUT2D eigenvalue weighted by molar-refractivity contribution is 0.171. The summed E-state index contributed by atoms with van der Waals surface area (Å²) >= 11 is 3.59. The number of ether oxygens (including phenoxy) is 2. The summed E-state index contributed by atoms with van der Waals surface area (Å²) in [6, 6.07) is 4.09. The van der Waals surface area contributed by atoms with Crippen molar-refractivity contribution in [3.63, 3.8) is 0 Å². The van der Waals surface area contributed by atoms with Gasteiger partial charge >= 0.3 is 0 Å². The van der Waals surface area contributed by atoms with Gasteiger partial charge < -0.3 is 15.2 Å². The van der Waals surface area contributed by atoms with E-state index in [4.69, 9.17) is 15.2 Å². The van der Waals surface area contributed by atoms with Gasteiger partial charge in [-0.05, 0) is 30.0 Å². The first-order chi connectivity index (χ1) is 8.74. The van der Waals surface area contributed by atoms with Gasteiger partial charge in [0.2, 0.25) is 0 Å². The molecule has 0 saturated heterocycles. The minimum atomic E-state index is 0.0838. The summed E-state index contributed by atoms with van der Waals surface area (Å²) in [4.78, 5) is 0. The smallest absolute Gasteiger partial charge is 0.162 e. The molecule has 0 aromatic heterocycles. The number of hydrogen-bond donors (Lipinski definition) is 1. The van der Waals surface area contributed by atoms with Crippen molar-refractivity contribution in [1.29, 1.82) is 0 Å². The molecule has 3 rings (SSSR count). The lowest BCUT2D eigenvalue weighted by atomic mass is 9.80. The quantitative estimate of drug-likeness (QED) is 0.930. The molecule has 3 nitrogen and oxygen atoms in total. The molecule has 1 aromatic rings. The van der Waals surface area contributed by atoms with Crippen molar-refractivity contribution in [3.8, 4) is 11.5 Å². The molecule has 0 bridgehead atoms. The number of nitrogens with two attached hydrogens (primary N) is 1. The summed E-state index contributed by atoms with van der Waals surface area (Å²) in [6.45, 7) is 1.23. The number of fused-ring (bicyclic) bond motifs is 1. The molecule has 18 heavy (non-hydrogen) atoms. The predicted molar refractivity (Wildman–Crippen MR) is 74.0 cm³/mol. The van der Waals surface area contributed by atoms with Crippen LogP contribution in [0.1, 0.15) is 37.3 Å². The Morgan fingerprint density at radius 3 is 2.50 bits per heavy atom. The Morgan fingerprint density at radius 2 is 1.89 bits per heavy atom. The molecular formula is C14H18BrNO2. The van der Waals surface area contributed by atoms with E-state index in [2.05, 4.69) is 15.9 Å². The monoisotopic (exact) mass is 311 g/mol. The van der Waals surface area contributed by atoms with Crippen LogP contribution in [0.3, 0.4) is 0 Å². The van der Waals surface area contributed by atoms with Crippen LogP contribution in [-0.4, -0.2) is 13.2 Å². The van der Waals surface area contributed by atoms with Gasteiger partial charge in [0.15, 0.2) is 11.5 Å². The van der Waals surface area contributed by atoms with Crippen molar-refractivity contribution in [3.05, 3.63) is 22.2 Å². The average molecular weight is 312 g/mol. The van der Waals surface area contributed by atoms with Crippen molar-refractivity contribution in [1.82, 2.24) is 0 Å². The first-order valence-electron chi connectivity index (χ1n) is 6.58. The van der Waals surface area contributed by atoms with Crippen molar-refractivity contribution >= 4 is 15.9 Å². The molecule has 2 N–H and O–H groups in total. The third kappa shape index (κ3) is 2.36. The lowest BCUT2D eigenvalue weighted by Crippen LogP contribution is -2.21. The van der Waals surface area contributed by atoms with E-state index in [0.717, 1.165) is 33.9 Å². The SMILES string of the molecule is NC(CC1CCC1)c1cc2c(cc1Br)OCCO2. The van der Waals surface area contributed by atoms with E-state index in [1.165, 1.54) is 19.3 Å². The van der Waals surface area contributed by atoms with E-state index in [1.807, 2.05) is 12.1 Å². The Morgan fingerprint density at radius 1 is 1.22 bits per heavy atom. The molecule has 98 valence electrons. The molecule has 1 heterocycles. The molecular weight excluding hydrogens is 294 g/mol. The van der Waals surface area contributed by atoms with Gasteiger partial charge in [-0.3, -0.25) is 0 Å². The standard InChI is InChI=1S/C14H18BrNO2/c15-11-8-14-13(17-4-5-18-14)7-10(11)12(16)6-9-2-1-3-9/h7-9,12H,1-6,16H2. The van der Waals surface area contributed by atoms with Gasteiger partial charge in [-0.15, -0.1) is 0 Å². The highest BCUT2D eigenvalue weighted by molar-refractivity contribution is 9.10. The van der Waals surface area contributed by atoms with E-state index in [-0.39, 0.29) is 6.04 Å². The highest BCUT2D eigenvalue weighted by Crippen LogP contribution is 2.40. The number of benzene rings is 1. The van der Waals surface area contributed by atoms with Gasteiger partial charge in [0.25, 0.3) is 0 Å². The molecule has 1 unspecified atom stereocenters. The summed E-state index contributed by atoms with van der Waals surface area (Å²) < 4.78 is 12.2. The Kier molecular flexibility index (Phi) is 3.48. The van der Waals surface area contributed by atoms with Crippen molar-refractivity contribution in [2.75, 3.05) is 13.2 Å². The molecule has 1 aliphatic carbocycles. The largest absolute Gasteiger partial charge is 0.486 e. The molecule has 1 fully saturated rings. The van der Waals surface area contributed by atoms with Crippen LogP contribution < -0.4 is 15.2 Å². The summed E-state index contributed by atoms with van der Waals surface area (Å²) in [6.07, 6.45) is 5.09. The predicted octanol–water partition coefficient (Wildman–Crippen LogP) is 3.41. The lowest BCUT2D eigenvalue weighted by Gasteiger charge is -2.29. The van der Waals surface area contributed by atoms with E-state index < -0.39 is 0 Å². The van der Waals surface area contributed by atoms with Gasteiger partial charge in [0.1, 0.15) is 13.2 Å². The highest BCUT2D eigenvalue weighted by Gasteiger charge is 2.24. The third-order valence-corrected chi connectivity index (χ3v) is 4.56. The van der Waals surface area contributed by atoms with Gasteiger partial charge in [0, 0.05) is 10.5 Å². The minimum absolute atomic E-state index is 0.0838. The van der Waals surface area contributed by atoms with Crippen molar-refractivity contribution in [2.24, 2.45) is 11.7 Å². The van der Waals surface area contributed by atoms with Gasteiger partial charge in [0.05, 0.1) is 0 Å². The second-order valence-corrected chi connectivity index (χ2v) is 6.01. The maximum atomic E-state index is 6.31.